The number of likely N-dealkylation sites (tertiary alicyclic amines) is 1. The van der Waals surface area contributed by atoms with Crippen LogP contribution in [0.2, 0.25) is 0 Å². The highest BCUT2D eigenvalue weighted by atomic mass is 16.5. The lowest BCUT2D eigenvalue weighted by Gasteiger charge is -2.45. The number of methoxy groups -OCH3 is 1. The van der Waals surface area contributed by atoms with E-state index in [9.17, 15) is 9.90 Å². The molecule has 1 amide bonds. The fourth-order valence-corrected chi connectivity index (χ4v) is 3.48. The van der Waals surface area contributed by atoms with Gasteiger partial charge in [-0.1, -0.05) is 48.5 Å². The summed E-state index contributed by atoms with van der Waals surface area (Å²) in [6, 6.07) is 18.6. The monoisotopic (exact) mass is 325 g/mol. The third kappa shape index (κ3) is 3.35. The first-order chi connectivity index (χ1) is 11.7. The van der Waals surface area contributed by atoms with E-state index in [-0.39, 0.29) is 18.0 Å². The maximum atomic E-state index is 13.2. The Morgan fingerprint density at radius 2 is 1.71 bits per heavy atom. The van der Waals surface area contributed by atoms with Gasteiger partial charge in [0.15, 0.2) is 0 Å². The van der Waals surface area contributed by atoms with E-state index in [1.807, 2.05) is 65.6 Å². The third-order valence-electron chi connectivity index (χ3n) is 4.61. The average Bonchev–Trinajstić information content (AvgIpc) is 2.64. The number of hydrogen-bond donors (Lipinski definition) is 1. The number of ether oxygens (including phenoxy) is 1. The second-order valence-corrected chi connectivity index (χ2v) is 6.19. The van der Waals surface area contributed by atoms with Crippen LogP contribution in [0.3, 0.4) is 0 Å². The Hall–Kier alpha value is -2.17. The summed E-state index contributed by atoms with van der Waals surface area (Å²) >= 11 is 0. The number of nitrogens with zero attached hydrogens (tertiary/aromatic N) is 1. The predicted molar refractivity (Wildman–Crippen MR) is 92.7 cm³/mol. The van der Waals surface area contributed by atoms with Crippen molar-refractivity contribution in [3.63, 3.8) is 0 Å². The van der Waals surface area contributed by atoms with Crippen LogP contribution in [0.25, 0.3) is 0 Å². The first kappa shape index (κ1) is 16.7. The van der Waals surface area contributed by atoms with Crippen LogP contribution in [0.4, 0.5) is 0 Å². The average molecular weight is 325 g/mol. The van der Waals surface area contributed by atoms with E-state index in [2.05, 4.69) is 0 Å². The summed E-state index contributed by atoms with van der Waals surface area (Å²) < 4.78 is 5.34. The van der Waals surface area contributed by atoms with Crippen LogP contribution >= 0.6 is 0 Å². The van der Waals surface area contributed by atoms with Crippen molar-refractivity contribution >= 4 is 5.91 Å². The number of carbonyl (C=O) groups is 1. The second kappa shape index (κ2) is 7.60. The highest BCUT2D eigenvalue weighted by Crippen LogP contribution is 2.36. The molecule has 3 rings (SSSR count). The SMILES string of the molecule is COC[C@@H]1CC[C@@H](O)[C@@H](c2ccccc2)N1C(=O)c1ccccc1. The van der Waals surface area contributed by atoms with E-state index < -0.39 is 6.10 Å². The van der Waals surface area contributed by atoms with E-state index in [1.165, 1.54) is 0 Å². The molecule has 1 aliphatic rings. The van der Waals surface area contributed by atoms with Gasteiger partial charge in [-0.15, -0.1) is 0 Å². The van der Waals surface area contributed by atoms with Crippen molar-refractivity contribution in [2.24, 2.45) is 0 Å². The van der Waals surface area contributed by atoms with Gasteiger partial charge >= 0.3 is 0 Å². The zero-order valence-corrected chi connectivity index (χ0v) is 13.8. The van der Waals surface area contributed by atoms with Gasteiger partial charge in [0.05, 0.1) is 24.8 Å². The molecule has 0 spiro atoms. The van der Waals surface area contributed by atoms with Crippen LogP contribution < -0.4 is 0 Å². The molecule has 1 aliphatic heterocycles. The van der Waals surface area contributed by atoms with Crippen LogP contribution in [0, 0.1) is 0 Å². The van der Waals surface area contributed by atoms with Gasteiger partial charge in [0.25, 0.3) is 5.91 Å². The van der Waals surface area contributed by atoms with Crippen LogP contribution in [0.1, 0.15) is 34.8 Å². The van der Waals surface area contributed by atoms with Gasteiger partial charge in [-0.2, -0.15) is 0 Å². The minimum atomic E-state index is -0.576. The Kier molecular flexibility index (Phi) is 5.28. The van der Waals surface area contributed by atoms with Crippen molar-refractivity contribution in [2.45, 2.75) is 31.0 Å². The summed E-state index contributed by atoms with van der Waals surface area (Å²) in [4.78, 5) is 15.0. The molecule has 0 bridgehead atoms. The van der Waals surface area contributed by atoms with Gasteiger partial charge in [0.1, 0.15) is 0 Å². The van der Waals surface area contributed by atoms with Crippen molar-refractivity contribution < 1.29 is 14.6 Å². The third-order valence-corrected chi connectivity index (χ3v) is 4.61. The molecule has 0 unspecified atom stereocenters. The van der Waals surface area contributed by atoms with Crippen molar-refractivity contribution in [1.82, 2.24) is 4.90 Å². The summed E-state index contributed by atoms with van der Waals surface area (Å²) in [5, 5.41) is 10.6. The summed E-state index contributed by atoms with van der Waals surface area (Å²) in [5.74, 6) is -0.0646. The molecule has 126 valence electrons. The molecule has 2 aromatic carbocycles. The molecule has 1 fully saturated rings. The number of rotatable bonds is 4. The van der Waals surface area contributed by atoms with Gasteiger partial charge in [-0.3, -0.25) is 4.79 Å². The first-order valence-electron chi connectivity index (χ1n) is 8.32. The summed E-state index contributed by atoms with van der Waals surface area (Å²) in [6.07, 6.45) is 0.816. The quantitative estimate of drug-likeness (QED) is 0.940. The molecule has 0 aromatic heterocycles. The Bertz CT molecular complexity index is 659. The lowest BCUT2D eigenvalue weighted by Crippen LogP contribution is -2.52. The van der Waals surface area contributed by atoms with Gasteiger partial charge in [-0.25, -0.2) is 0 Å². The summed E-state index contributed by atoms with van der Waals surface area (Å²) in [5.41, 5.74) is 1.59. The van der Waals surface area contributed by atoms with Crippen molar-refractivity contribution in [2.75, 3.05) is 13.7 Å². The molecule has 1 saturated heterocycles. The Morgan fingerprint density at radius 1 is 1.08 bits per heavy atom. The van der Waals surface area contributed by atoms with Crippen molar-refractivity contribution in [3.05, 3.63) is 71.8 Å². The molecule has 0 aliphatic carbocycles. The number of piperidine rings is 1. The van der Waals surface area contributed by atoms with Crippen molar-refractivity contribution in [1.29, 1.82) is 0 Å². The lowest BCUT2D eigenvalue weighted by molar-refractivity contribution is -0.0312. The van der Waals surface area contributed by atoms with Gasteiger partial charge < -0.3 is 14.7 Å². The van der Waals surface area contributed by atoms with Gasteiger partial charge in [-0.05, 0) is 30.5 Å². The molecule has 3 atom stereocenters. The fourth-order valence-electron chi connectivity index (χ4n) is 3.48. The summed E-state index contributed by atoms with van der Waals surface area (Å²) in [7, 11) is 1.65. The predicted octanol–water partition coefficient (Wildman–Crippen LogP) is 3.04. The van der Waals surface area contributed by atoms with Gasteiger partial charge in [0.2, 0.25) is 0 Å². The Labute approximate surface area is 142 Å². The maximum absolute atomic E-state index is 13.2. The second-order valence-electron chi connectivity index (χ2n) is 6.19. The Balaban J connectivity index is 2.00. The molecule has 24 heavy (non-hydrogen) atoms. The van der Waals surface area contributed by atoms with E-state index in [0.29, 0.717) is 18.6 Å². The van der Waals surface area contributed by atoms with Crippen molar-refractivity contribution in [3.8, 4) is 0 Å². The van der Waals surface area contributed by atoms with Crippen LogP contribution in [0.5, 0.6) is 0 Å². The number of amides is 1. The van der Waals surface area contributed by atoms with Crippen LogP contribution in [0.15, 0.2) is 60.7 Å². The zero-order chi connectivity index (χ0) is 16.9. The number of hydrogen-bond acceptors (Lipinski definition) is 3. The number of aliphatic hydroxyl groups is 1. The summed E-state index contributed by atoms with van der Waals surface area (Å²) in [6.45, 7) is 0.467. The molecular weight excluding hydrogens is 302 g/mol. The highest BCUT2D eigenvalue weighted by molar-refractivity contribution is 5.94. The molecule has 4 nitrogen and oxygen atoms in total. The molecule has 2 aromatic rings. The van der Waals surface area contributed by atoms with E-state index in [0.717, 1.165) is 12.0 Å². The molecule has 0 radical (unpaired) electrons. The standard InChI is InChI=1S/C20H23NO3/c1-24-14-17-12-13-18(22)19(15-8-4-2-5-9-15)21(17)20(23)16-10-6-3-7-11-16/h2-11,17-19,22H,12-14H2,1H3/t17-,18+,19+/m0/s1. The topological polar surface area (TPSA) is 49.8 Å². The Morgan fingerprint density at radius 3 is 2.33 bits per heavy atom. The lowest BCUT2D eigenvalue weighted by atomic mass is 9.88. The minimum Gasteiger partial charge on any atom is -0.391 e. The smallest absolute Gasteiger partial charge is 0.254 e. The largest absolute Gasteiger partial charge is 0.391 e. The maximum Gasteiger partial charge on any atom is 0.254 e. The number of carbonyl (C=O) groups excluding carboxylic acids is 1. The highest BCUT2D eigenvalue weighted by Gasteiger charge is 2.40. The number of benzene rings is 2. The fraction of sp³-hybridized carbons (Fsp3) is 0.350. The molecule has 1 N–H and O–H groups in total. The molecule has 0 saturated carbocycles. The van der Waals surface area contributed by atoms with E-state index in [1.54, 1.807) is 7.11 Å². The molecular formula is C20H23NO3. The van der Waals surface area contributed by atoms with Gasteiger partial charge in [0, 0.05) is 12.7 Å². The first-order valence-corrected chi connectivity index (χ1v) is 8.32. The van der Waals surface area contributed by atoms with Crippen LogP contribution in [-0.4, -0.2) is 41.8 Å². The van der Waals surface area contributed by atoms with E-state index >= 15 is 0 Å². The van der Waals surface area contributed by atoms with E-state index in [4.69, 9.17) is 4.74 Å². The normalized spacial score (nSPS) is 23.9. The molecule has 4 heteroatoms. The number of aliphatic hydroxyl groups excluding tert-OH is 1. The minimum absolute atomic E-state index is 0.0451. The van der Waals surface area contributed by atoms with Crippen LogP contribution in [-0.2, 0) is 4.74 Å². The zero-order valence-electron chi connectivity index (χ0n) is 13.8. The molecule has 1 heterocycles.